The van der Waals surface area contributed by atoms with Crippen LogP contribution in [0.4, 0.5) is 4.79 Å². The van der Waals surface area contributed by atoms with E-state index in [0.717, 1.165) is 19.3 Å². The molecule has 1 saturated carbocycles. The van der Waals surface area contributed by atoms with Crippen LogP contribution in [0, 0.1) is 11.3 Å². The van der Waals surface area contributed by atoms with Gasteiger partial charge in [-0.05, 0) is 40.0 Å². The predicted molar refractivity (Wildman–Crippen MR) is 64.2 cm³/mol. The first-order valence-electron chi connectivity index (χ1n) is 5.97. The first-order valence-corrected chi connectivity index (χ1v) is 5.97. The Morgan fingerprint density at radius 2 is 2.18 bits per heavy atom. The monoisotopic (exact) mass is 239 g/mol. The summed E-state index contributed by atoms with van der Waals surface area (Å²) in [4.78, 5) is 11.7. The number of carbonyl (C=O) groups excluding carboxylic acids is 1. The molecule has 0 aromatic heterocycles. The smallest absolute Gasteiger partial charge is 0.408 e. The van der Waals surface area contributed by atoms with E-state index in [2.05, 4.69) is 11.4 Å². The van der Waals surface area contributed by atoms with Crippen molar-refractivity contribution in [1.82, 2.24) is 5.32 Å². The van der Waals surface area contributed by atoms with Crippen molar-refractivity contribution in [2.24, 2.45) is 5.73 Å². The second-order valence-electron chi connectivity index (χ2n) is 5.56. The van der Waals surface area contributed by atoms with E-state index >= 15 is 0 Å². The van der Waals surface area contributed by atoms with Crippen molar-refractivity contribution in [2.75, 3.05) is 0 Å². The minimum Gasteiger partial charge on any atom is -0.444 e. The van der Waals surface area contributed by atoms with Crippen molar-refractivity contribution >= 4 is 6.09 Å². The Balaban J connectivity index is 2.69. The van der Waals surface area contributed by atoms with E-state index < -0.39 is 17.2 Å². The van der Waals surface area contributed by atoms with Gasteiger partial charge < -0.3 is 15.8 Å². The maximum Gasteiger partial charge on any atom is 0.408 e. The Morgan fingerprint density at radius 1 is 1.53 bits per heavy atom. The molecule has 3 N–H and O–H groups in total. The zero-order valence-electron chi connectivity index (χ0n) is 10.7. The molecule has 17 heavy (non-hydrogen) atoms. The Morgan fingerprint density at radius 3 is 2.65 bits per heavy atom. The first kappa shape index (κ1) is 13.8. The van der Waals surface area contributed by atoms with Gasteiger partial charge in [-0.2, -0.15) is 5.26 Å². The van der Waals surface area contributed by atoms with Gasteiger partial charge in [-0.3, -0.25) is 0 Å². The van der Waals surface area contributed by atoms with Gasteiger partial charge in [0, 0.05) is 6.04 Å². The molecule has 0 aromatic carbocycles. The largest absolute Gasteiger partial charge is 0.444 e. The summed E-state index contributed by atoms with van der Waals surface area (Å²) >= 11 is 0. The summed E-state index contributed by atoms with van der Waals surface area (Å²) in [6.45, 7) is 5.35. The summed E-state index contributed by atoms with van der Waals surface area (Å²) < 4.78 is 5.16. The minimum atomic E-state index is -0.972. The van der Waals surface area contributed by atoms with Gasteiger partial charge in [0.1, 0.15) is 11.1 Å². The van der Waals surface area contributed by atoms with Crippen LogP contribution in [0.15, 0.2) is 0 Å². The normalized spacial score (nSPS) is 29.2. The molecule has 0 bridgehead atoms. The summed E-state index contributed by atoms with van der Waals surface area (Å²) in [5.74, 6) is 0. The van der Waals surface area contributed by atoms with Gasteiger partial charge in [-0.1, -0.05) is 6.42 Å². The second kappa shape index (κ2) is 4.92. The number of nitrogens with two attached hydrogens (primary N) is 1. The van der Waals surface area contributed by atoms with Crippen molar-refractivity contribution in [3.8, 4) is 6.07 Å². The van der Waals surface area contributed by atoms with Crippen LogP contribution < -0.4 is 11.1 Å². The molecule has 1 rings (SSSR count). The van der Waals surface area contributed by atoms with Gasteiger partial charge in [0.05, 0.1) is 6.07 Å². The number of ether oxygens (including phenoxy) is 1. The number of nitriles is 1. The predicted octanol–water partition coefficient (Wildman–Crippen LogP) is 1.67. The third kappa shape index (κ3) is 3.60. The molecule has 5 nitrogen and oxygen atoms in total. The standard InChI is InChI=1S/C12H21N3O2/c1-11(2,3)17-10(16)15-12(8-13)7-5-4-6-9(12)14/h9H,4-7,14H2,1-3H3,(H,15,16). The average molecular weight is 239 g/mol. The first-order chi connectivity index (χ1) is 7.79. The molecule has 1 fully saturated rings. The third-order valence-corrected chi connectivity index (χ3v) is 2.89. The maximum atomic E-state index is 11.7. The summed E-state index contributed by atoms with van der Waals surface area (Å²) in [5.41, 5.74) is 4.40. The van der Waals surface area contributed by atoms with Gasteiger partial charge in [0.2, 0.25) is 0 Å². The summed E-state index contributed by atoms with van der Waals surface area (Å²) in [7, 11) is 0. The average Bonchev–Trinajstić information content (AvgIpc) is 2.19. The van der Waals surface area contributed by atoms with Crippen molar-refractivity contribution < 1.29 is 9.53 Å². The van der Waals surface area contributed by atoms with E-state index in [4.69, 9.17) is 10.5 Å². The molecule has 0 aliphatic heterocycles. The van der Waals surface area contributed by atoms with Crippen LogP contribution in [0.5, 0.6) is 0 Å². The molecule has 0 heterocycles. The van der Waals surface area contributed by atoms with E-state index in [-0.39, 0.29) is 6.04 Å². The Hall–Kier alpha value is -1.28. The van der Waals surface area contributed by atoms with E-state index in [1.54, 1.807) is 20.8 Å². The number of hydrogen-bond acceptors (Lipinski definition) is 4. The molecule has 2 unspecified atom stereocenters. The van der Waals surface area contributed by atoms with Crippen molar-refractivity contribution in [2.45, 2.75) is 63.6 Å². The zero-order valence-corrected chi connectivity index (χ0v) is 10.7. The molecule has 1 aliphatic rings. The molecule has 1 amide bonds. The molecule has 0 spiro atoms. The topological polar surface area (TPSA) is 88.1 Å². The van der Waals surface area contributed by atoms with E-state index in [1.165, 1.54) is 0 Å². The van der Waals surface area contributed by atoms with Gasteiger partial charge in [0.15, 0.2) is 0 Å². The van der Waals surface area contributed by atoms with E-state index in [1.807, 2.05) is 0 Å². The lowest BCUT2D eigenvalue weighted by molar-refractivity contribution is 0.0449. The summed E-state index contributed by atoms with van der Waals surface area (Å²) in [5, 5.41) is 11.9. The van der Waals surface area contributed by atoms with Gasteiger partial charge >= 0.3 is 6.09 Å². The number of nitrogens with one attached hydrogen (secondary N) is 1. The maximum absolute atomic E-state index is 11.7. The summed E-state index contributed by atoms with van der Waals surface area (Å²) in [6.07, 6.45) is 2.67. The van der Waals surface area contributed by atoms with Crippen molar-refractivity contribution in [3.05, 3.63) is 0 Å². The number of carbonyl (C=O) groups is 1. The van der Waals surface area contributed by atoms with Gasteiger partial charge in [-0.15, -0.1) is 0 Å². The van der Waals surface area contributed by atoms with E-state index in [0.29, 0.717) is 6.42 Å². The van der Waals surface area contributed by atoms with Crippen LogP contribution in [0.3, 0.4) is 0 Å². The lowest BCUT2D eigenvalue weighted by atomic mass is 9.79. The molecule has 1 aliphatic carbocycles. The highest BCUT2D eigenvalue weighted by atomic mass is 16.6. The highest BCUT2D eigenvalue weighted by molar-refractivity contribution is 5.69. The fourth-order valence-electron chi connectivity index (χ4n) is 2.01. The molecule has 96 valence electrons. The lowest BCUT2D eigenvalue weighted by Crippen LogP contribution is -2.61. The Bertz CT molecular complexity index is 330. The van der Waals surface area contributed by atoms with Crippen molar-refractivity contribution in [3.63, 3.8) is 0 Å². The number of rotatable bonds is 1. The fourth-order valence-corrected chi connectivity index (χ4v) is 2.01. The number of nitrogens with zero attached hydrogens (tertiary/aromatic N) is 1. The Kier molecular flexibility index (Phi) is 3.99. The lowest BCUT2D eigenvalue weighted by Gasteiger charge is -2.37. The molecule has 2 atom stereocenters. The minimum absolute atomic E-state index is 0.325. The molecular weight excluding hydrogens is 218 g/mol. The van der Waals surface area contributed by atoms with Crippen LogP contribution in [0.25, 0.3) is 0 Å². The van der Waals surface area contributed by atoms with Crippen LogP contribution in [0.1, 0.15) is 46.5 Å². The highest BCUT2D eigenvalue weighted by Crippen LogP contribution is 2.27. The quantitative estimate of drug-likeness (QED) is 0.728. The van der Waals surface area contributed by atoms with Crippen LogP contribution in [-0.4, -0.2) is 23.3 Å². The van der Waals surface area contributed by atoms with E-state index in [9.17, 15) is 10.1 Å². The number of alkyl carbamates (subject to hydrolysis) is 1. The molecule has 0 saturated heterocycles. The fraction of sp³-hybridized carbons (Fsp3) is 0.833. The molecule has 5 heteroatoms. The van der Waals surface area contributed by atoms with Crippen LogP contribution in [0.2, 0.25) is 0 Å². The zero-order chi connectivity index (χ0) is 13.1. The third-order valence-electron chi connectivity index (χ3n) is 2.89. The SMILES string of the molecule is CC(C)(C)OC(=O)NC1(C#N)CCCCC1N. The number of amides is 1. The second-order valence-corrected chi connectivity index (χ2v) is 5.56. The molecule has 0 radical (unpaired) electrons. The van der Waals surface area contributed by atoms with Crippen LogP contribution in [-0.2, 0) is 4.74 Å². The number of hydrogen-bond donors (Lipinski definition) is 2. The molecular formula is C12H21N3O2. The van der Waals surface area contributed by atoms with Gasteiger partial charge in [-0.25, -0.2) is 4.79 Å². The van der Waals surface area contributed by atoms with Gasteiger partial charge in [0.25, 0.3) is 0 Å². The Labute approximate surface area is 102 Å². The van der Waals surface area contributed by atoms with Crippen molar-refractivity contribution in [1.29, 1.82) is 5.26 Å². The highest BCUT2D eigenvalue weighted by Gasteiger charge is 2.41. The summed E-state index contributed by atoms with van der Waals surface area (Å²) in [6, 6.07) is 1.82. The van der Waals surface area contributed by atoms with Crippen LogP contribution >= 0.6 is 0 Å². The molecule has 0 aromatic rings.